The van der Waals surface area contributed by atoms with Crippen LogP contribution in [0.25, 0.3) is 11.5 Å². The Kier molecular flexibility index (Phi) is 7.52. The van der Waals surface area contributed by atoms with Gasteiger partial charge in [0.25, 0.3) is 0 Å². The molecule has 1 aliphatic rings. The van der Waals surface area contributed by atoms with Crippen molar-refractivity contribution >= 4 is 29.9 Å². The van der Waals surface area contributed by atoms with Crippen LogP contribution in [0.4, 0.5) is 0 Å². The van der Waals surface area contributed by atoms with Crippen LogP contribution in [0.3, 0.4) is 0 Å². The highest BCUT2D eigenvalue weighted by Crippen LogP contribution is 2.27. The highest BCUT2D eigenvalue weighted by Gasteiger charge is 2.27. The summed E-state index contributed by atoms with van der Waals surface area (Å²) in [6.07, 6.45) is 6.89. The van der Waals surface area contributed by atoms with Gasteiger partial charge in [-0.25, -0.2) is 9.98 Å². The van der Waals surface area contributed by atoms with Crippen LogP contribution in [-0.2, 0) is 13.6 Å². The second-order valence-electron chi connectivity index (χ2n) is 7.56. The Balaban J connectivity index is 0.00000256. The number of hydrogen-bond acceptors (Lipinski definition) is 4. The van der Waals surface area contributed by atoms with Gasteiger partial charge in [0.15, 0.2) is 5.96 Å². The Bertz CT molecular complexity index is 978. The van der Waals surface area contributed by atoms with Crippen molar-refractivity contribution in [3.8, 4) is 11.5 Å². The minimum atomic E-state index is 0. The summed E-state index contributed by atoms with van der Waals surface area (Å²) in [6.45, 7) is 7.42. The lowest BCUT2D eigenvalue weighted by atomic mass is 10.0. The molecular formula is C22H29IN6O. The Labute approximate surface area is 194 Å². The van der Waals surface area contributed by atoms with Gasteiger partial charge in [0, 0.05) is 44.4 Å². The lowest BCUT2D eigenvalue weighted by Crippen LogP contribution is -2.40. The minimum absolute atomic E-state index is 0. The van der Waals surface area contributed by atoms with E-state index in [0.29, 0.717) is 18.4 Å². The largest absolute Gasteiger partial charge is 0.444 e. The number of aliphatic imine (C=N–C) groups is 1. The molecule has 1 fully saturated rings. The summed E-state index contributed by atoms with van der Waals surface area (Å²) in [5.74, 6) is 2.06. The molecular weight excluding hydrogens is 491 g/mol. The Hall–Kier alpha value is -2.36. The Morgan fingerprint density at radius 1 is 1.30 bits per heavy atom. The van der Waals surface area contributed by atoms with Crippen molar-refractivity contribution in [1.82, 2.24) is 25.0 Å². The molecule has 1 N–H and O–H groups in total. The van der Waals surface area contributed by atoms with Crippen LogP contribution in [0.2, 0.25) is 0 Å². The Morgan fingerprint density at radius 2 is 2.10 bits per heavy atom. The number of aromatic nitrogens is 3. The van der Waals surface area contributed by atoms with Gasteiger partial charge in [-0.05, 0) is 38.0 Å². The zero-order valence-corrected chi connectivity index (χ0v) is 20.0. The number of benzene rings is 1. The van der Waals surface area contributed by atoms with E-state index in [-0.39, 0.29) is 24.0 Å². The van der Waals surface area contributed by atoms with Crippen LogP contribution in [0.1, 0.15) is 36.1 Å². The van der Waals surface area contributed by atoms with E-state index in [1.54, 1.807) is 6.26 Å². The predicted molar refractivity (Wildman–Crippen MR) is 129 cm³/mol. The van der Waals surface area contributed by atoms with Gasteiger partial charge in [0.05, 0.1) is 12.7 Å². The second kappa shape index (κ2) is 10.1. The van der Waals surface area contributed by atoms with E-state index in [1.807, 2.05) is 30.1 Å². The molecule has 0 bridgehead atoms. The molecule has 2 aromatic heterocycles. The molecule has 1 saturated heterocycles. The third-order valence-electron chi connectivity index (χ3n) is 5.26. The summed E-state index contributed by atoms with van der Waals surface area (Å²) in [7, 11) is 1.96. The van der Waals surface area contributed by atoms with Gasteiger partial charge in [-0.2, -0.15) is 5.10 Å². The molecule has 0 saturated carbocycles. The first-order chi connectivity index (χ1) is 14.1. The highest BCUT2D eigenvalue weighted by molar-refractivity contribution is 14.0. The smallest absolute Gasteiger partial charge is 0.226 e. The number of hydrogen-bond donors (Lipinski definition) is 1. The van der Waals surface area contributed by atoms with Gasteiger partial charge in [-0.3, -0.25) is 4.68 Å². The number of likely N-dealkylation sites (tertiary alicyclic amines) is 1. The number of nitrogens with zero attached hydrogens (tertiary/aromatic N) is 5. The van der Waals surface area contributed by atoms with Crippen molar-refractivity contribution in [2.45, 2.75) is 32.7 Å². The molecule has 0 aliphatic carbocycles. The molecule has 1 atom stereocenters. The van der Waals surface area contributed by atoms with Crippen LogP contribution in [0.5, 0.6) is 0 Å². The molecule has 1 unspecified atom stereocenters. The van der Waals surface area contributed by atoms with E-state index in [2.05, 4.69) is 52.5 Å². The van der Waals surface area contributed by atoms with E-state index in [9.17, 15) is 0 Å². The number of guanidine groups is 1. The third kappa shape index (κ3) is 5.21. The third-order valence-corrected chi connectivity index (χ3v) is 5.26. The molecule has 160 valence electrons. The first-order valence-corrected chi connectivity index (χ1v) is 10.2. The molecule has 1 aliphatic heterocycles. The van der Waals surface area contributed by atoms with Crippen LogP contribution in [0.15, 0.2) is 52.3 Å². The molecule has 0 amide bonds. The van der Waals surface area contributed by atoms with Crippen LogP contribution < -0.4 is 5.32 Å². The average Bonchev–Trinajstić information content (AvgIpc) is 3.46. The van der Waals surface area contributed by atoms with Gasteiger partial charge in [0.2, 0.25) is 5.89 Å². The first kappa shape index (κ1) is 22.3. The van der Waals surface area contributed by atoms with Gasteiger partial charge in [0.1, 0.15) is 12.0 Å². The maximum Gasteiger partial charge on any atom is 0.226 e. The van der Waals surface area contributed by atoms with E-state index < -0.39 is 0 Å². The molecule has 30 heavy (non-hydrogen) atoms. The molecule has 3 aromatic rings. The summed E-state index contributed by atoms with van der Waals surface area (Å²) < 4.78 is 7.53. The average molecular weight is 520 g/mol. The van der Waals surface area contributed by atoms with Crippen molar-refractivity contribution in [3.63, 3.8) is 0 Å². The summed E-state index contributed by atoms with van der Waals surface area (Å²) >= 11 is 0. The van der Waals surface area contributed by atoms with E-state index in [0.717, 1.165) is 43.3 Å². The summed E-state index contributed by atoms with van der Waals surface area (Å²) in [4.78, 5) is 11.7. The highest BCUT2D eigenvalue weighted by atomic mass is 127. The van der Waals surface area contributed by atoms with Crippen molar-refractivity contribution in [2.24, 2.45) is 12.0 Å². The summed E-state index contributed by atoms with van der Waals surface area (Å²) in [5.41, 5.74) is 4.33. The molecule has 0 spiro atoms. The SMILES string of the molecule is CCNC(=NCc1coc(-c2ccc(C)cc2)n1)N1CCC(c2cnn(C)c2)C1.I. The fourth-order valence-corrected chi connectivity index (χ4v) is 3.67. The van der Waals surface area contributed by atoms with E-state index >= 15 is 0 Å². The van der Waals surface area contributed by atoms with Crippen molar-refractivity contribution in [2.75, 3.05) is 19.6 Å². The topological polar surface area (TPSA) is 71.5 Å². The van der Waals surface area contributed by atoms with Gasteiger partial charge in [-0.1, -0.05) is 17.7 Å². The number of nitrogens with one attached hydrogen (secondary N) is 1. The molecule has 0 radical (unpaired) electrons. The molecule has 7 nitrogen and oxygen atoms in total. The maximum atomic E-state index is 5.66. The van der Waals surface area contributed by atoms with E-state index in [4.69, 9.17) is 9.41 Å². The standard InChI is InChI=1S/C22H28N6O.HI/c1-4-23-22(28-10-9-18(14-28)19-11-25-27(3)13-19)24-12-20-15-29-21(26-20)17-7-5-16(2)6-8-17;/h5-8,11,13,15,18H,4,9-10,12,14H2,1-3H3,(H,23,24);1H. The molecule has 4 rings (SSSR count). The number of oxazole rings is 1. The summed E-state index contributed by atoms with van der Waals surface area (Å²) in [5, 5.41) is 7.72. The first-order valence-electron chi connectivity index (χ1n) is 10.2. The number of halogens is 1. The minimum Gasteiger partial charge on any atom is -0.444 e. The molecule has 3 heterocycles. The van der Waals surface area contributed by atoms with Crippen molar-refractivity contribution in [3.05, 3.63) is 59.7 Å². The van der Waals surface area contributed by atoms with Crippen molar-refractivity contribution in [1.29, 1.82) is 0 Å². The number of aryl methyl sites for hydroxylation is 2. The maximum absolute atomic E-state index is 5.66. The van der Waals surface area contributed by atoms with Gasteiger partial charge < -0.3 is 14.6 Å². The Morgan fingerprint density at radius 3 is 2.80 bits per heavy atom. The molecule has 1 aromatic carbocycles. The fourth-order valence-electron chi connectivity index (χ4n) is 3.67. The second-order valence-corrected chi connectivity index (χ2v) is 7.56. The quantitative estimate of drug-likeness (QED) is 0.314. The van der Waals surface area contributed by atoms with Crippen molar-refractivity contribution < 1.29 is 4.42 Å². The zero-order chi connectivity index (χ0) is 20.2. The van der Waals surface area contributed by atoms with Crippen LogP contribution in [-0.4, -0.2) is 45.3 Å². The lowest BCUT2D eigenvalue weighted by Gasteiger charge is -2.21. The van der Waals surface area contributed by atoms with E-state index in [1.165, 1.54) is 11.1 Å². The van der Waals surface area contributed by atoms with Crippen LogP contribution >= 0.6 is 24.0 Å². The molecule has 8 heteroatoms. The van der Waals surface area contributed by atoms with Crippen LogP contribution in [0, 0.1) is 6.92 Å². The number of rotatable bonds is 5. The summed E-state index contributed by atoms with van der Waals surface area (Å²) in [6, 6.07) is 8.18. The normalized spacial score (nSPS) is 16.6. The zero-order valence-electron chi connectivity index (χ0n) is 17.7. The lowest BCUT2D eigenvalue weighted by molar-refractivity contribution is 0.485. The fraction of sp³-hybridized carbons (Fsp3) is 0.409. The van der Waals surface area contributed by atoms with Gasteiger partial charge in [-0.15, -0.1) is 24.0 Å². The predicted octanol–water partition coefficient (Wildman–Crippen LogP) is 3.96. The monoisotopic (exact) mass is 520 g/mol. The van der Waals surface area contributed by atoms with Gasteiger partial charge >= 0.3 is 0 Å².